The summed E-state index contributed by atoms with van der Waals surface area (Å²) in [6.07, 6.45) is 1.96. The molecule has 3 aromatic carbocycles. The number of methoxy groups -OCH3 is 1. The zero-order valence-corrected chi connectivity index (χ0v) is 26.3. The molecule has 0 spiro atoms. The third-order valence-corrected chi connectivity index (χ3v) is 8.25. The lowest BCUT2D eigenvalue weighted by atomic mass is 9.94. The number of hydrogen-bond acceptors (Lipinski definition) is 8. The molecule has 45 heavy (non-hydrogen) atoms. The van der Waals surface area contributed by atoms with Crippen LogP contribution < -0.4 is 14.2 Å². The van der Waals surface area contributed by atoms with Crippen molar-refractivity contribution in [3.63, 3.8) is 0 Å². The molecule has 2 aliphatic heterocycles. The Balaban J connectivity index is 1.50. The van der Waals surface area contributed by atoms with Gasteiger partial charge in [0, 0.05) is 31.7 Å². The number of aliphatic hydroxyl groups is 1. The molecule has 0 aliphatic carbocycles. The highest BCUT2D eigenvalue weighted by molar-refractivity contribution is 6.46. The normalized spacial score (nSPS) is 18.3. The lowest BCUT2D eigenvalue weighted by Gasteiger charge is -2.31. The number of likely N-dealkylation sites (tertiary alicyclic amines) is 1. The van der Waals surface area contributed by atoms with Crippen LogP contribution in [0.3, 0.4) is 0 Å². The molecule has 2 fully saturated rings. The van der Waals surface area contributed by atoms with Crippen molar-refractivity contribution in [3.8, 4) is 17.2 Å². The molecule has 9 heteroatoms. The molecule has 0 aromatic heterocycles. The second-order valence-corrected chi connectivity index (χ2v) is 11.3. The van der Waals surface area contributed by atoms with E-state index in [0.717, 1.165) is 42.8 Å². The van der Waals surface area contributed by atoms with Crippen LogP contribution in [0.2, 0.25) is 0 Å². The predicted molar refractivity (Wildman–Crippen MR) is 172 cm³/mol. The number of unbranched alkanes of at least 4 members (excludes halogenated alkanes) is 1. The Hall–Kier alpha value is -4.34. The van der Waals surface area contributed by atoms with Crippen LogP contribution in [0.25, 0.3) is 5.76 Å². The zero-order chi connectivity index (χ0) is 31.8. The maximum atomic E-state index is 13.6. The van der Waals surface area contributed by atoms with Crippen molar-refractivity contribution in [1.29, 1.82) is 0 Å². The second kappa shape index (κ2) is 15.1. The predicted octanol–water partition coefficient (Wildman–Crippen LogP) is 5.52. The number of morpholine rings is 1. The number of hydrogen-bond donors (Lipinski definition) is 1. The standard InChI is InChI=1S/C36H42N2O7/c1-4-5-19-44-29-13-12-28(22-25(29)2)34(39)32-33(38(36(41)35(32)40)16-15-37-17-20-43-21-18-37)27-11-14-30(31(23-27)42-3)45-24-26-9-7-6-8-10-26/h6-14,22-23,33,39H,4-5,15-21,24H2,1-3H3. The number of carbonyl (C=O) groups is 2. The molecule has 0 saturated carbocycles. The molecule has 1 N–H and O–H groups in total. The third kappa shape index (κ3) is 7.49. The minimum absolute atomic E-state index is 0.0426. The van der Waals surface area contributed by atoms with Gasteiger partial charge in [-0.2, -0.15) is 0 Å². The summed E-state index contributed by atoms with van der Waals surface area (Å²) in [7, 11) is 1.55. The highest BCUT2D eigenvalue weighted by atomic mass is 16.5. The topological polar surface area (TPSA) is 97.8 Å². The molecule has 2 aliphatic rings. The van der Waals surface area contributed by atoms with E-state index >= 15 is 0 Å². The molecule has 2 heterocycles. The van der Waals surface area contributed by atoms with Gasteiger partial charge in [-0.1, -0.05) is 49.7 Å². The van der Waals surface area contributed by atoms with Crippen LogP contribution in [0.5, 0.6) is 17.2 Å². The van der Waals surface area contributed by atoms with Crippen LogP contribution in [-0.2, 0) is 20.9 Å². The summed E-state index contributed by atoms with van der Waals surface area (Å²) in [5.74, 6) is 0.131. The molecular weight excluding hydrogens is 572 g/mol. The van der Waals surface area contributed by atoms with E-state index in [1.54, 1.807) is 42.3 Å². The summed E-state index contributed by atoms with van der Waals surface area (Å²) in [4.78, 5) is 31.0. The van der Waals surface area contributed by atoms with Gasteiger partial charge in [-0.25, -0.2) is 0 Å². The largest absolute Gasteiger partial charge is 0.507 e. The van der Waals surface area contributed by atoms with Crippen LogP contribution >= 0.6 is 0 Å². The Kier molecular flexibility index (Phi) is 10.8. The summed E-state index contributed by atoms with van der Waals surface area (Å²) >= 11 is 0. The van der Waals surface area contributed by atoms with E-state index in [1.807, 2.05) is 43.3 Å². The number of carbonyl (C=O) groups excluding carboxylic acids is 2. The second-order valence-electron chi connectivity index (χ2n) is 11.3. The summed E-state index contributed by atoms with van der Waals surface area (Å²) in [5.41, 5.74) is 2.96. The van der Waals surface area contributed by atoms with Gasteiger partial charge < -0.3 is 29.0 Å². The lowest BCUT2D eigenvalue weighted by Crippen LogP contribution is -2.42. The highest BCUT2D eigenvalue weighted by Gasteiger charge is 2.46. The Morgan fingerprint density at radius 3 is 2.40 bits per heavy atom. The van der Waals surface area contributed by atoms with Crippen LogP contribution in [0.4, 0.5) is 0 Å². The molecule has 3 aromatic rings. The van der Waals surface area contributed by atoms with Gasteiger partial charge in [-0.3, -0.25) is 14.5 Å². The van der Waals surface area contributed by atoms with E-state index in [2.05, 4.69) is 11.8 Å². The van der Waals surface area contributed by atoms with Crippen molar-refractivity contribution in [2.75, 3.05) is 53.1 Å². The molecule has 0 radical (unpaired) electrons. The first kappa shape index (κ1) is 32.1. The van der Waals surface area contributed by atoms with Crippen molar-refractivity contribution in [3.05, 3.63) is 94.6 Å². The molecule has 2 saturated heterocycles. The first-order chi connectivity index (χ1) is 21.9. The van der Waals surface area contributed by atoms with Crippen LogP contribution in [0.15, 0.2) is 72.3 Å². The van der Waals surface area contributed by atoms with Gasteiger partial charge in [-0.15, -0.1) is 0 Å². The number of rotatable bonds is 13. The number of amides is 1. The summed E-state index contributed by atoms with van der Waals surface area (Å²) in [5, 5.41) is 11.7. The van der Waals surface area contributed by atoms with E-state index in [4.69, 9.17) is 18.9 Å². The number of aliphatic hydroxyl groups excluding tert-OH is 1. The molecule has 1 amide bonds. The average molecular weight is 615 g/mol. The first-order valence-electron chi connectivity index (χ1n) is 15.6. The number of benzene rings is 3. The van der Waals surface area contributed by atoms with Gasteiger partial charge in [0.15, 0.2) is 11.5 Å². The van der Waals surface area contributed by atoms with E-state index in [9.17, 15) is 14.7 Å². The molecule has 1 unspecified atom stereocenters. The first-order valence-corrected chi connectivity index (χ1v) is 15.6. The van der Waals surface area contributed by atoms with E-state index in [-0.39, 0.29) is 11.3 Å². The van der Waals surface area contributed by atoms with Gasteiger partial charge in [0.1, 0.15) is 18.1 Å². The molecule has 9 nitrogen and oxygen atoms in total. The van der Waals surface area contributed by atoms with Gasteiger partial charge in [-0.05, 0) is 60.4 Å². The number of Topliss-reactive ketones (excluding diaryl/α,β-unsaturated/α-hetero) is 1. The average Bonchev–Trinajstić information content (AvgIpc) is 3.32. The van der Waals surface area contributed by atoms with Crippen molar-refractivity contribution in [1.82, 2.24) is 9.80 Å². The fraction of sp³-hybridized carbons (Fsp3) is 0.389. The summed E-state index contributed by atoms with van der Waals surface area (Å²) in [6.45, 7) is 8.60. The maximum absolute atomic E-state index is 13.6. The minimum Gasteiger partial charge on any atom is -0.507 e. The SMILES string of the molecule is CCCCOc1ccc(C(O)=C2C(=O)C(=O)N(CCN3CCOCC3)C2c2ccc(OCc3ccccc3)c(OC)c2)cc1C. The van der Waals surface area contributed by atoms with E-state index in [1.165, 1.54) is 0 Å². The number of ketones is 1. The Morgan fingerprint density at radius 2 is 1.69 bits per heavy atom. The van der Waals surface area contributed by atoms with Gasteiger partial charge in [0.2, 0.25) is 0 Å². The third-order valence-electron chi connectivity index (χ3n) is 8.25. The number of aryl methyl sites for hydroxylation is 1. The van der Waals surface area contributed by atoms with Crippen molar-refractivity contribution in [2.24, 2.45) is 0 Å². The Bertz CT molecular complexity index is 1520. The lowest BCUT2D eigenvalue weighted by molar-refractivity contribution is -0.140. The van der Waals surface area contributed by atoms with Gasteiger partial charge >= 0.3 is 0 Å². The summed E-state index contributed by atoms with van der Waals surface area (Å²) < 4.78 is 23.1. The molecule has 238 valence electrons. The number of ether oxygens (including phenoxy) is 4. The molecule has 0 bridgehead atoms. The fourth-order valence-electron chi connectivity index (χ4n) is 5.68. The minimum atomic E-state index is -0.816. The Labute approximate surface area is 265 Å². The van der Waals surface area contributed by atoms with Crippen molar-refractivity contribution >= 4 is 17.4 Å². The van der Waals surface area contributed by atoms with Crippen molar-refractivity contribution in [2.45, 2.75) is 39.3 Å². The smallest absolute Gasteiger partial charge is 0.295 e. The zero-order valence-electron chi connectivity index (χ0n) is 26.3. The summed E-state index contributed by atoms with van der Waals surface area (Å²) in [6, 6.07) is 19.7. The fourth-order valence-corrected chi connectivity index (χ4v) is 5.68. The maximum Gasteiger partial charge on any atom is 0.295 e. The van der Waals surface area contributed by atoms with E-state index in [0.29, 0.717) is 62.1 Å². The molecule has 5 rings (SSSR count). The monoisotopic (exact) mass is 614 g/mol. The van der Waals surface area contributed by atoms with E-state index < -0.39 is 17.7 Å². The van der Waals surface area contributed by atoms with Crippen molar-refractivity contribution < 1.29 is 33.6 Å². The van der Waals surface area contributed by atoms with Gasteiger partial charge in [0.25, 0.3) is 11.7 Å². The highest BCUT2D eigenvalue weighted by Crippen LogP contribution is 2.42. The van der Waals surface area contributed by atoms with Crippen LogP contribution in [0, 0.1) is 6.92 Å². The van der Waals surface area contributed by atoms with Crippen LogP contribution in [-0.4, -0.2) is 79.7 Å². The Morgan fingerprint density at radius 1 is 0.933 bits per heavy atom. The number of nitrogens with zero attached hydrogens (tertiary/aromatic N) is 2. The molecular formula is C36H42N2O7. The van der Waals surface area contributed by atoms with Gasteiger partial charge in [0.05, 0.1) is 38.5 Å². The quantitative estimate of drug-likeness (QED) is 0.116. The molecule has 1 atom stereocenters. The van der Waals surface area contributed by atoms with Crippen LogP contribution in [0.1, 0.15) is 48.1 Å².